The Balaban J connectivity index is 1.75. The van der Waals surface area contributed by atoms with Crippen molar-refractivity contribution in [1.29, 1.82) is 0 Å². The van der Waals surface area contributed by atoms with Crippen LogP contribution in [0.1, 0.15) is 122 Å². The van der Waals surface area contributed by atoms with Crippen LogP contribution < -0.4 is 5.32 Å². The minimum absolute atomic E-state index is 1.21. The Kier molecular flexibility index (Phi) is 16.4. The zero-order valence-corrected chi connectivity index (χ0v) is 18.5. The molecule has 0 saturated carbocycles. The lowest BCUT2D eigenvalue weighted by Crippen LogP contribution is -1.90. The van der Waals surface area contributed by atoms with E-state index in [0.717, 1.165) is 0 Å². The summed E-state index contributed by atoms with van der Waals surface area (Å²) < 4.78 is 0. The van der Waals surface area contributed by atoms with E-state index < -0.39 is 0 Å². The Labute approximate surface area is 170 Å². The number of benzene rings is 1. The Morgan fingerprint density at radius 2 is 0.889 bits per heavy atom. The summed E-state index contributed by atoms with van der Waals surface area (Å²) in [5, 5.41) is 3.18. The van der Waals surface area contributed by atoms with E-state index in [1.54, 1.807) is 0 Å². The third-order valence-electron chi connectivity index (χ3n) is 5.81. The van der Waals surface area contributed by atoms with Gasteiger partial charge < -0.3 is 5.32 Å². The Bertz CT molecular complexity index is 409. The molecule has 0 amide bonds. The maximum atomic E-state index is 3.18. The molecule has 1 aromatic carbocycles. The van der Waals surface area contributed by atoms with E-state index in [0.29, 0.717) is 0 Å². The second-order valence-corrected chi connectivity index (χ2v) is 8.35. The van der Waals surface area contributed by atoms with Gasteiger partial charge in [0, 0.05) is 12.7 Å². The van der Waals surface area contributed by atoms with Crippen molar-refractivity contribution in [3.8, 4) is 0 Å². The highest BCUT2D eigenvalue weighted by atomic mass is 14.8. The zero-order chi connectivity index (χ0) is 19.4. The van der Waals surface area contributed by atoms with Gasteiger partial charge in [-0.2, -0.15) is 0 Å². The molecule has 0 unspecified atom stereocenters. The quantitative estimate of drug-likeness (QED) is 0.239. The van der Waals surface area contributed by atoms with Crippen molar-refractivity contribution in [3.63, 3.8) is 0 Å². The lowest BCUT2D eigenvalue weighted by atomic mass is 10.0. The summed E-state index contributed by atoms with van der Waals surface area (Å²) in [4.78, 5) is 0. The van der Waals surface area contributed by atoms with Crippen molar-refractivity contribution in [1.82, 2.24) is 0 Å². The van der Waals surface area contributed by atoms with E-state index in [2.05, 4.69) is 36.5 Å². The van der Waals surface area contributed by atoms with E-state index in [1.165, 1.54) is 127 Å². The van der Waals surface area contributed by atoms with Crippen molar-refractivity contribution >= 4 is 5.69 Å². The maximum absolute atomic E-state index is 3.18. The Morgan fingerprint density at radius 3 is 1.26 bits per heavy atom. The van der Waals surface area contributed by atoms with Crippen molar-refractivity contribution in [3.05, 3.63) is 29.8 Å². The molecule has 0 fully saturated rings. The third kappa shape index (κ3) is 14.7. The van der Waals surface area contributed by atoms with Gasteiger partial charge in [0.15, 0.2) is 0 Å². The molecule has 0 spiro atoms. The van der Waals surface area contributed by atoms with Gasteiger partial charge in [-0.1, -0.05) is 122 Å². The molecule has 1 rings (SSSR count). The number of unbranched alkanes of at least 4 members (excludes halogenated alkanes) is 16. The molecule has 1 heteroatoms. The first-order valence-corrected chi connectivity index (χ1v) is 12.1. The van der Waals surface area contributed by atoms with E-state index in [-0.39, 0.29) is 0 Å². The lowest BCUT2D eigenvalue weighted by molar-refractivity contribution is 0.527. The maximum Gasteiger partial charge on any atom is 0.0337 e. The van der Waals surface area contributed by atoms with Crippen LogP contribution in [-0.2, 0) is 6.42 Å². The lowest BCUT2D eigenvalue weighted by Gasteiger charge is -2.05. The summed E-state index contributed by atoms with van der Waals surface area (Å²) in [6, 6.07) is 8.89. The Hall–Kier alpha value is -0.980. The number of hydrogen-bond donors (Lipinski definition) is 1. The zero-order valence-electron chi connectivity index (χ0n) is 18.5. The van der Waals surface area contributed by atoms with Crippen LogP contribution in [0, 0.1) is 0 Å². The SMILES string of the molecule is CCCCCCCCCCCCCCCCCCCc1ccc(NC)cc1. The monoisotopic (exact) mass is 373 g/mol. The summed E-state index contributed by atoms with van der Waals surface area (Å²) in [7, 11) is 1.98. The minimum Gasteiger partial charge on any atom is -0.388 e. The molecule has 0 heterocycles. The van der Waals surface area contributed by atoms with Gasteiger partial charge in [-0.15, -0.1) is 0 Å². The molecule has 27 heavy (non-hydrogen) atoms. The first-order valence-electron chi connectivity index (χ1n) is 12.1. The minimum atomic E-state index is 1.21. The first-order chi connectivity index (χ1) is 13.4. The highest BCUT2D eigenvalue weighted by molar-refractivity contribution is 5.43. The molecule has 1 N–H and O–H groups in total. The molecule has 1 nitrogen and oxygen atoms in total. The van der Waals surface area contributed by atoms with Gasteiger partial charge >= 0.3 is 0 Å². The van der Waals surface area contributed by atoms with Crippen LogP contribution in [0.5, 0.6) is 0 Å². The Morgan fingerprint density at radius 1 is 0.519 bits per heavy atom. The second-order valence-electron chi connectivity index (χ2n) is 8.35. The molecule has 0 aliphatic rings. The fourth-order valence-electron chi connectivity index (χ4n) is 3.89. The van der Waals surface area contributed by atoms with Crippen LogP contribution in [0.25, 0.3) is 0 Å². The highest BCUT2D eigenvalue weighted by Gasteiger charge is 1.96. The van der Waals surface area contributed by atoms with Crippen LogP contribution in [-0.4, -0.2) is 7.05 Å². The molecule has 0 aliphatic heterocycles. The number of nitrogens with one attached hydrogen (secondary N) is 1. The van der Waals surface area contributed by atoms with Crippen LogP contribution in [0.4, 0.5) is 5.69 Å². The summed E-state index contributed by atoms with van der Waals surface area (Å²) >= 11 is 0. The average molecular weight is 374 g/mol. The fourth-order valence-corrected chi connectivity index (χ4v) is 3.89. The molecule has 0 atom stereocenters. The fraction of sp³-hybridized carbons (Fsp3) is 0.769. The van der Waals surface area contributed by atoms with E-state index >= 15 is 0 Å². The van der Waals surface area contributed by atoms with E-state index in [4.69, 9.17) is 0 Å². The molecule has 0 aromatic heterocycles. The molecule has 0 bridgehead atoms. The van der Waals surface area contributed by atoms with Crippen molar-refractivity contribution in [2.24, 2.45) is 0 Å². The van der Waals surface area contributed by atoms with Crippen molar-refractivity contribution < 1.29 is 0 Å². The molecular weight excluding hydrogens is 326 g/mol. The van der Waals surface area contributed by atoms with Gasteiger partial charge in [-0.25, -0.2) is 0 Å². The summed E-state index contributed by atoms with van der Waals surface area (Å²) in [5.41, 5.74) is 2.69. The number of aryl methyl sites for hydroxylation is 1. The first kappa shape index (κ1) is 24.1. The van der Waals surface area contributed by atoms with Crippen LogP contribution >= 0.6 is 0 Å². The van der Waals surface area contributed by atoms with Gasteiger partial charge in [-0.3, -0.25) is 0 Å². The van der Waals surface area contributed by atoms with Gasteiger partial charge in [-0.05, 0) is 30.5 Å². The van der Waals surface area contributed by atoms with Crippen molar-refractivity contribution in [2.45, 2.75) is 122 Å². The predicted molar refractivity (Wildman–Crippen MR) is 124 cm³/mol. The molecule has 1 aromatic rings. The van der Waals surface area contributed by atoms with Gasteiger partial charge in [0.2, 0.25) is 0 Å². The number of hydrogen-bond acceptors (Lipinski definition) is 1. The molecule has 0 saturated heterocycles. The third-order valence-corrected chi connectivity index (χ3v) is 5.81. The van der Waals surface area contributed by atoms with Crippen molar-refractivity contribution in [2.75, 3.05) is 12.4 Å². The molecular formula is C26H47N. The van der Waals surface area contributed by atoms with Gasteiger partial charge in [0.1, 0.15) is 0 Å². The van der Waals surface area contributed by atoms with Crippen LogP contribution in [0.2, 0.25) is 0 Å². The average Bonchev–Trinajstić information content (AvgIpc) is 2.70. The van der Waals surface area contributed by atoms with E-state index in [1.807, 2.05) is 7.05 Å². The summed E-state index contributed by atoms with van der Waals surface area (Å²) in [6.45, 7) is 2.30. The number of anilines is 1. The normalized spacial score (nSPS) is 11.0. The largest absolute Gasteiger partial charge is 0.388 e. The van der Waals surface area contributed by atoms with Crippen LogP contribution in [0.3, 0.4) is 0 Å². The second kappa shape index (κ2) is 18.4. The standard InChI is InChI=1S/C26H47N/c1-3-4-5-6-7-8-9-10-11-12-13-14-15-16-17-18-19-20-25-21-23-26(27-2)24-22-25/h21-24,27H,3-20H2,1-2H3. The van der Waals surface area contributed by atoms with E-state index in [9.17, 15) is 0 Å². The molecule has 0 aliphatic carbocycles. The molecule has 0 radical (unpaired) electrons. The topological polar surface area (TPSA) is 12.0 Å². The summed E-state index contributed by atoms with van der Waals surface area (Å²) in [5.74, 6) is 0. The smallest absolute Gasteiger partial charge is 0.0337 e. The molecule has 156 valence electrons. The van der Waals surface area contributed by atoms with Gasteiger partial charge in [0.05, 0.1) is 0 Å². The summed E-state index contributed by atoms with van der Waals surface area (Å²) in [6.07, 6.45) is 25.8. The predicted octanol–water partition coefficient (Wildman–Crippen LogP) is 8.92. The van der Waals surface area contributed by atoms with Crippen LogP contribution in [0.15, 0.2) is 24.3 Å². The highest BCUT2D eigenvalue weighted by Crippen LogP contribution is 2.15. The number of rotatable bonds is 19. The van der Waals surface area contributed by atoms with Gasteiger partial charge in [0.25, 0.3) is 0 Å².